The van der Waals surface area contributed by atoms with Gasteiger partial charge in [-0.25, -0.2) is 0 Å². The molecule has 0 aliphatic rings. The fourth-order valence-electron chi connectivity index (χ4n) is 1.95. The van der Waals surface area contributed by atoms with E-state index in [0.29, 0.717) is 17.9 Å². The zero-order valence-corrected chi connectivity index (χ0v) is 14.3. The van der Waals surface area contributed by atoms with E-state index in [-0.39, 0.29) is 0 Å². The average molecular weight is 295 g/mol. The molecule has 0 heterocycles. The molecule has 1 N–H and O–H groups in total. The van der Waals surface area contributed by atoms with Crippen LogP contribution in [0.15, 0.2) is 24.3 Å². The van der Waals surface area contributed by atoms with Crippen molar-refractivity contribution in [2.45, 2.75) is 33.7 Å². The number of hydrogen-bond donors (Lipinski definition) is 1. The Labute approximate surface area is 128 Å². The summed E-state index contributed by atoms with van der Waals surface area (Å²) in [6.45, 7) is 10.7. The van der Waals surface area contributed by atoms with E-state index in [1.807, 2.05) is 11.8 Å². The van der Waals surface area contributed by atoms with Crippen molar-refractivity contribution in [1.82, 2.24) is 5.32 Å². The molecule has 0 spiro atoms. The number of nitrogens with one attached hydrogen (secondary N) is 1. The van der Waals surface area contributed by atoms with Crippen molar-refractivity contribution >= 4 is 11.8 Å². The zero-order valence-electron chi connectivity index (χ0n) is 13.5. The first-order chi connectivity index (χ1) is 9.52. The van der Waals surface area contributed by atoms with Gasteiger partial charge < -0.3 is 10.1 Å². The average Bonchev–Trinajstić information content (AvgIpc) is 2.43. The first-order valence-electron chi connectivity index (χ1n) is 7.48. The summed E-state index contributed by atoms with van der Waals surface area (Å²) in [6, 6.07) is 8.85. The maximum Gasteiger partial charge on any atom is 0.119 e. The molecule has 3 heteroatoms. The van der Waals surface area contributed by atoms with E-state index in [4.69, 9.17) is 4.74 Å². The SMILES string of the molecule is CSCC(C)CNC(C)c1ccc(OCC(C)C)cc1. The van der Waals surface area contributed by atoms with Gasteiger partial charge in [0, 0.05) is 6.04 Å². The molecule has 2 unspecified atom stereocenters. The monoisotopic (exact) mass is 295 g/mol. The Bertz CT molecular complexity index is 364. The van der Waals surface area contributed by atoms with Gasteiger partial charge in [-0.05, 0) is 55.0 Å². The van der Waals surface area contributed by atoms with Crippen LogP contribution in [0.3, 0.4) is 0 Å². The Morgan fingerprint density at radius 2 is 1.75 bits per heavy atom. The van der Waals surface area contributed by atoms with E-state index in [2.05, 4.69) is 63.5 Å². The van der Waals surface area contributed by atoms with Gasteiger partial charge in [0.15, 0.2) is 0 Å². The number of ether oxygens (including phenoxy) is 1. The quantitative estimate of drug-likeness (QED) is 0.731. The molecule has 0 aliphatic heterocycles. The normalized spacial score (nSPS) is 14.3. The van der Waals surface area contributed by atoms with E-state index in [0.717, 1.165) is 18.9 Å². The Morgan fingerprint density at radius 1 is 1.10 bits per heavy atom. The first-order valence-corrected chi connectivity index (χ1v) is 8.87. The highest BCUT2D eigenvalue weighted by atomic mass is 32.2. The molecule has 1 aromatic rings. The minimum absolute atomic E-state index is 0.387. The van der Waals surface area contributed by atoms with Crippen molar-refractivity contribution < 1.29 is 4.74 Å². The van der Waals surface area contributed by atoms with Crippen LogP contribution in [0.5, 0.6) is 5.75 Å². The van der Waals surface area contributed by atoms with Crippen molar-refractivity contribution in [1.29, 1.82) is 0 Å². The van der Waals surface area contributed by atoms with Crippen molar-refractivity contribution in [2.75, 3.05) is 25.2 Å². The molecule has 0 bridgehead atoms. The summed E-state index contributed by atoms with van der Waals surface area (Å²) in [5.41, 5.74) is 1.32. The largest absolute Gasteiger partial charge is 0.493 e. The third-order valence-electron chi connectivity index (χ3n) is 3.19. The van der Waals surface area contributed by atoms with Crippen LogP contribution < -0.4 is 10.1 Å². The van der Waals surface area contributed by atoms with E-state index < -0.39 is 0 Å². The molecular weight excluding hydrogens is 266 g/mol. The first kappa shape index (κ1) is 17.4. The molecule has 0 saturated heterocycles. The summed E-state index contributed by atoms with van der Waals surface area (Å²) in [4.78, 5) is 0. The van der Waals surface area contributed by atoms with Crippen molar-refractivity contribution in [3.63, 3.8) is 0 Å². The van der Waals surface area contributed by atoms with Gasteiger partial charge >= 0.3 is 0 Å². The minimum atomic E-state index is 0.387. The summed E-state index contributed by atoms with van der Waals surface area (Å²) < 4.78 is 5.71. The summed E-state index contributed by atoms with van der Waals surface area (Å²) in [6.07, 6.45) is 2.16. The second kappa shape index (κ2) is 9.30. The molecule has 1 rings (SSSR count). The second-order valence-corrected chi connectivity index (χ2v) is 6.88. The van der Waals surface area contributed by atoms with Crippen LogP contribution in [-0.2, 0) is 0 Å². The fraction of sp³-hybridized carbons (Fsp3) is 0.647. The third kappa shape index (κ3) is 6.67. The molecule has 1 aromatic carbocycles. The predicted molar refractivity (Wildman–Crippen MR) is 90.7 cm³/mol. The molecule has 2 nitrogen and oxygen atoms in total. The molecule has 0 radical (unpaired) electrons. The molecule has 20 heavy (non-hydrogen) atoms. The van der Waals surface area contributed by atoms with Gasteiger partial charge in [-0.2, -0.15) is 11.8 Å². The lowest BCUT2D eigenvalue weighted by molar-refractivity contribution is 0.271. The van der Waals surface area contributed by atoms with Gasteiger partial charge in [0.05, 0.1) is 6.61 Å². The van der Waals surface area contributed by atoms with Gasteiger partial charge in [0.25, 0.3) is 0 Å². The lowest BCUT2D eigenvalue weighted by Gasteiger charge is -2.18. The van der Waals surface area contributed by atoms with E-state index in [1.54, 1.807) is 0 Å². The smallest absolute Gasteiger partial charge is 0.119 e. The van der Waals surface area contributed by atoms with Gasteiger partial charge in [0.2, 0.25) is 0 Å². The van der Waals surface area contributed by atoms with Crippen LogP contribution in [-0.4, -0.2) is 25.2 Å². The summed E-state index contributed by atoms with van der Waals surface area (Å²) in [5.74, 6) is 3.45. The Kier molecular flexibility index (Phi) is 8.08. The van der Waals surface area contributed by atoms with E-state index in [1.165, 1.54) is 11.3 Å². The van der Waals surface area contributed by atoms with Crippen LogP contribution in [0.4, 0.5) is 0 Å². The van der Waals surface area contributed by atoms with Crippen LogP contribution in [0.2, 0.25) is 0 Å². The Balaban J connectivity index is 2.42. The van der Waals surface area contributed by atoms with Crippen LogP contribution in [0.25, 0.3) is 0 Å². The molecule has 2 atom stereocenters. The maximum absolute atomic E-state index is 5.71. The summed E-state index contributed by atoms with van der Waals surface area (Å²) in [7, 11) is 0. The molecule has 0 aromatic heterocycles. The number of thioether (sulfide) groups is 1. The lowest BCUT2D eigenvalue weighted by Crippen LogP contribution is -2.25. The maximum atomic E-state index is 5.71. The zero-order chi connectivity index (χ0) is 15.0. The van der Waals surface area contributed by atoms with E-state index in [9.17, 15) is 0 Å². The predicted octanol–water partition coefficient (Wildman–Crippen LogP) is 4.37. The molecule has 0 aliphatic carbocycles. The second-order valence-electron chi connectivity index (χ2n) is 5.96. The topological polar surface area (TPSA) is 21.3 Å². The van der Waals surface area contributed by atoms with E-state index >= 15 is 0 Å². The van der Waals surface area contributed by atoms with Crippen LogP contribution in [0, 0.1) is 11.8 Å². The summed E-state index contributed by atoms with van der Waals surface area (Å²) >= 11 is 1.91. The highest BCUT2D eigenvalue weighted by molar-refractivity contribution is 7.98. The van der Waals surface area contributed by atoms with Gasteiger partial charge in [-0.1, -0.05) is 32.9 Å². The molecule has 0 amide bonds. The molecule has 114 valence electrons. The van der Waals surface area contributed by atoms with Crippen LogP contribution in [0.1, 0.15) is 39.3 Å². The highest BCUT2D eigenvalue weighted by Crippen LogP contribution is 2.18. The van der Waals surface area contributed by atoms with Crippen LogP contribution >= 0.6 is 11.8 Å². The van der Waals surface area contributed by atoms with Gasteiger partial charge in [-0.3, -0.25) is 0 Å². The van der Waals surface area contributed by atoms with Crippen molar-refractivity contribution in [3.8, 4) is 5.75 Å². The number of hydrogen-bond acceptors (Lipinski definition) is 3. The number of benzene rings is 1. The number of rotatable bonds is 9. The fourth-order valence-corrected chi connectivity index (χ4v) is 2.64. The highest BCUT2D eigenvalue weighted by Gasteiger charge is 2.07. The van der Waals surface area contributed by atoms with Gasteiger partial charge in [-0.15, -0.1) is 0 Å². The third-order valence-corrected chi connectivity index (χ3v) is 4.09. The van der Waals surface area contributed by atoms with Crippen molar-refractivity contribution in [2.24, 2.45) is 11.8 Å². The Hall–Kier alpha value is -0.670. The molecule has 0 saturated carbocycles. The van der Waals surface area contributed by atoms with Gasteiger partial charge in [0.1, 0.15) is 5.75 Å². The molecular formula is C17H29NOS. The standard InChI is InChI=1S/C17H29NOS/c1-13(2)11-19-17-8-6-16(7-9-17)15(4)18-10-14(3)12-20-5/h6-9,13-15,18H,10-12H2,1-5H3. The summed E-state index contributed by atoms with van der Waals surface area (Å²) in [5, 5.41) is 3.60. The molecule has 0 fully saturated rings. The lowest BCUT2D eigenvalue weighted by atomic mass is 10.1. The Morgan fingerprint density at radius 3 is 2.30 bits per heavy atom. The van der Waals surface area contributed by atoms with Crippen molar-refractivity contribution in [3.05, 3.63) is 29.8 Å². The minimum Gasteiger partial charge on any atom is -0.493 e.